The molecule has 0 amide bonds. The third-order valence-corrected chi connectivity index (χ3v) is 6.02. The van der Waals surface area contributed by atoms with Crippen molar-refractivity contribution in [3.05, 3.63) is 121 Å². The molecule has 0 bridgehead atoms. The number of rotatable bonds is 4. The smallest absolute Gasteiger partial charge is 0.166 e. The Kier molecular flexibility index (Phi) is 4.96. The van der Waals surface area contributed by atoms with E-state index < -0.39 is 0 Å². The van der Waals surface area contributed by atoms with Gasteiger partial charge in [0, 0.05) is 28.3 Å². The highest BCUT2D eigenvalue weighted by molar-refractivity contribution is 5.87. The van der Waals surface area contributed by atoms with Crippen LogP contribution in [0.1, 0.15) is 5.56 Å². The van der Waals surface area contributed by atoms with E-state index in [0.717, 1.165) is 27.9 Å². The van der Waals surface area contributed by atoms with Gasteiger partial charge in [0.1, 0.15) is 0 Å². The Labute approximate surface area is 198 Å². The summed E-state index contributed by atoms with van der Waals surface area (Å²) in [6.45, 7) is 2.14. The minimum absolute atomic E-state index is 0.652. The van der Waals surface area contributed by atoms with E-state index in [9.17, 15) is 0 Å². The zero-order valence-electron chi connectivity index (χ0n) is 18.8. The molecular formula is C30H22N4. The highest BCUT2D eigenvalue weighted by atomic mass is 15.0. The molecular weight excluding hydrogens is 416 g/mol. The maximum atomic E-state index is 4.94. The van der Waals surface area contributed by atoms with E-state index in [1.807, 2.05) is 66.7 Å². The maximum absolute atomic E-state index is 4.94. The number of aryl methyl sites for hydroxylation is 1. The number of hydrogen-bond donors (Lipinski definition) is 0. The van der Waals surface area contributed by atoms with Crippen molar-refractivity contribution in [3.8, 4) is 39.9 Å². The molecule has 0 spiro atoms. The van der Waals surface area contributed by atoms with Gasteiger partial charge in [0.2, 0.25) is 0 Å². The van der Waals surface area contributed by atoms with Crippen molar-refractivity contribution in [2.75, 3.05) is 0 Å². The van der Waals surface area contributed by atoms with E-state index in [-0.39, 0.29) is 0 Å². The number of benzene rings is 4. The van der Waals surface area contributed by atoms with E-state index in [1.165, 1.54) is 10.9 Å². The van der Waals surface area contributed by atoms with Crippen molar-refractivity contribution < 1.29 is 0 Å². The Morgan fingerprint density at radius 2 is 1.06 bits per heavy atom. The van der Waals surface area contributed by atoms with Crippen LogP contribution in [0.5, 0.6) is 0 Å². The van der Waals surface area contributed by atoms with Gasteiger partial charge in [0.05, 0.1) is 11.2 Å². The van der Waals surface area contributed by atoms with Crippen LogP contribution < -0.4 is 0 Å². The first-order valence-electron chi connectivity index (χ1n) is 11.3. The van der Waals surface area contributed by atoms with E-state index in [1.54, 1.807) is 0 Å². The molecule has 162 valence electrons. The first-order valence-corrected chi connectivity index (χ1v) is 11.3. The average Bonchev–Trinajstić information content (AvgIpc) is 3.26. The third-order valence-electron chi connectivity index (χ3n) is 6.02. The topological polar surface area (TPSA) is 43.6 Å². The van der Waals surface area contributed by atoms with Gasteiger partial charge in [0.25, 0.3) is 0 Å². The monoisotopic (exact) mass is 438 g/mol. The average molecular weight is 439 g/mol. The Hall–Kier alpha value is -4.57. The van der Waals surface area contributed by atoms with Crippen LogP contribution in [0.2, 0.25) is 0 Å². The molecule has 0 atom stereocenters. The van der Waals surface area contributed by atoms with Crippen LogP contribution >= 0.6 is 0 Å². The highest BCUT2D eigenvalue weighted by Crippen LogP contribution is 2.31. The van der Waals surface area contributed by atoms with Crippen LogP contribution in [0.3, 0.4) is 0 Å². The molecule has 6 aromatic rings. The standard InChI is InChI=1S/C30H22N4/c1-21-20-34(26-18-10-8-16-24(21)26)27-19-11-9-17-25(27)30-32-28(22-12-4-2-5-13-22)31-29(33-30)23-14-6-3-7-15-23/h2-20H,1H3. The molecule has 4 nitrogen and oxygen atoms in total. The quantitative estimate of drug-likeness (QED) is 0.294. The Bertz CT molecular complexity index is 1540. The Balaban J connectivity index is 1.60. The molecule has 4 aromatic carbocycles. The van der Waals surface area contributed by atoms with E-state index in [2.05, 4.69) is 60.2 Å². The third kappa shape index (κ3) is 3.55. The largest absolute Gasteiger partial charge is 0.316 e. The van der Waals surface area contributed by atoms with Gasteiger partial charge >= 0.3 is 0 Å². The lowest BCUT2D eigenvalue weighted by molar-refractivity contribution is 1.06. The van der Waals surface area contributed by atoms with Gasteiger partial charge in [-0.1, -0.05) is 91.0 Å². The molecule has 2 aromatic heterocycles. The van der Waals surface area contributed by atoms with Gasteiger partial charge in [0.15, 0.2) is 17.5 Å². The van der Waals surface area contributed by atoms with Crippen LogP contribution in [0.15, 0.2) is 115 Å². The van der Waals surface area contributed by atoms with Crippen molar-refractivity contribution in [2.45, 2.75) is 6.92 Å². The van der Waals surface area contributed by atoms with Crippen LogP contribution in [0.25, 0.3) is 50.8 Å². The molecule has 0 radical (unpaired) electrons. The van der Waals surface area contributed by atoms with Crippen molar-refractivity contribution >= 4 is 10.9 Å². The first-order chi connectivity index (χ1) is 16.8. The van der Waals surface area contributed by atoms with Gasteiger partial charge < -0.3 is 4.57 Å². The summed E-state index contributed by atoms with van der Waals surface area (Å²) in [5, 5.41) is 1.24. The summed E-state index contributed by atoms with van der Waals surface area (Å²) in [7, 11) is 0. The normalized spacial score (nSPS) is 11.1. The maximum Gasteiger partial charge on any atom is 0.166 e. The minimum Gasteiger partial charge on any atom is -0.316 e. The molecule has 0 fully saturated rings. The van der Waals surface area contributed by atoms with Crippen LogP contribution in [-0.2, 0) is 0 Å². The van der Waals surface area contributed by atoms with E-state index >= 15 is 0 Å². The lowest BCUT2D eigenvalue weighted by atomic mass is 10.1. The zero-order valence-corrected chi connectivity index (χ0v) is 18.8. The highest BCUT2D eigenvalue weighted by Gasteiger charge is 2.16. The fraction of sp³-hybridized carbons (Fsp3) is 0.0333. The summed E-state index contributed by atoms with van der Waals surface area (Å²) >= 11 is 0. The lowest BCUT2D eigenvalue weighted by Gasteiger charge is -2.13. The van der Waals surface area contributed by atoms with Crippen LogP contribution in [0, 0.1) is 6.92 Å². The summed E-state index contributed by atoms with van der Waals surface area (Å²) in [4.78, 5) is 14.7. The predicted octanol–water partition coefficient (Wildman–Crippen LogP) is 7.12. The number of aromatic nitrogens is 4. The molecule has 0 aliphatic carbocycles. The van der Waals surface area contributed by atoms with Crippen molar-refractivity contribution in [1.29, 1.82) is 0 Å². The number of para-hydroxylation sites is 2. The first kappa shape index (κ1) is 20.1. The van der Waals surface area contributed by atoms with Crippen molar-refractivity contribution in [3.63, 3.8) is 0 Å². The Morgan fingerprint density at radius 3 is 1.74 bits per heavy atom. The van der Waals surface area contributed by atoms with Gasteiger partial charge in [-0.3, -0.25) is 0 Å². The molecule has 2 heterocycles. The van der Waals surface area contributed by atoms with E-state index in [0.29, 0.717) is 17.5 Å². The Morgan fingerprint density at radius 1 is 0.529 bits per heavy atom. The van der Waals surface area contributed by atoms with Crippen LogP contribution in [-0.4, -0.2) is 19.5 Å². The molecule has 0 aliphatic heterocycles. The summed E-state index contributed by atoms with van der Waals surface area (Å²) < 4.78 is 2.23. The van der Waals surface area contributed by atoms with Crippen molar-refractivity contribution in [2.24, 2.45) is 0 Å². The molecule has 4 heteroatoms. The molecule has 6 rings (SSSR count). The SMILES string of the molecule is Cc1cn(-c2ccccc2-c2nc(-c3ccccc3)nc(-c3ccccc3)n2)c2ccccc12. The van der Waals surface area contributed by atoms with Crippen molar-refractivity contribution in [1.82, 2.24) is 19.5 Å². The van der Waals surface area contributed by atoms with Gasteiger partial charge in [-0.05, 0) is 30.7 Å². The number of fused-ring (bicyclic) bond motifs is 1. The fourth-order valence-corrected chi connectivity index (χ4v) is 4.35. The summed E-state index contributed by atoms with van der Waals surface area (Å²) in [5.41, 5.74) is 6.31. The predicted molar refractivity (Wildman–Crippen MR) is 138 cm³/mol. The number of nitrogens with zero attached hydrogens (tertiary/aromatic N) is 4. The molecule has 0 N–H and O–H groups in total. The second-order valence-electron chi connectivity index (χ2n) is 8.25. The molecule has 0 aliphatic rings. The summed E-state index contributed by atoms with van der Waals surface area (Å²) in [6, 6.07) is 36.9. The van der Waals surface area contributed by atoms with Gasteiger partial charge in [-0.2, -0.15) is 0 Å². The molecule has 0 saturated heterocycles. The summed E-state index contributed by atoms with van der Waals surface area (Å²) in [5.74, 6) is 1.97. The molecule has 0 saturated carbocycles. The molecule has 0 unspecified atom stereocenters. The molecule has 34 heavy (non-hydrogen) atoms. The van der Waals surface area contributed by atoms with Crippen LogP contribution in [0.4, 0.5) is 0 Å². The lowest BCUT2D eigenvalue weighted by Crippen LogP contribution is -2.03. The van der Waals surface area contributed by atoms with E-state index in [4.69, 9.17) is 15.0 Å². The fourth-order valence-electron chi connectivity index (χ4n) is 4.35. The second-order valence-corrected chi connectivity index (χ2v) is 8.25. The van der Waals surface area contributed by atoms with Gasteiger partial charge in [-0.25, -0.2) is 15.0 Å². The number of hydrogen-bond acceptors (Lipinski definition) is 3. The zero-order chi connectivity index (χ0) is 22.9. The second kappa shape index (κ2) is 8.41. The minimum atomic E-state index is 0.652. The summed E-state index contributed by atoms with van der Waals surface area (Å²) in [6.07, 6.45) is 2.18. The van der Waals surface area contributed by atoms with Gasteiger partial charge in [-0.15, -0.1) is 0 Å².